The Morgan fingerprint density at radius 1 is 1.42 bits per heavy atom. The van der Waals surface area contributed by atoms with E-state index < -0.39 is 0 Å². The van der Waals surface area contributed by atoms with Gasteiger partial charge in [-0.25, -0.2) is 4.98 Å². The van der Waals surface area contributed by atoms with Crippen molar-refractivity contribution in [2.75, 3.05) is 31.7 Å². The molecule has 0 amide bonds. The van der Waals surface area contributed by atoms with Crippen LogP contribution < -0.4 is 10.2 Å². The fourth-order valence-corrected chi connectivity index (χ4v) is 2.18. The van der Waals surface area contributed by atoms with Gasteiger partial charge in [0.15, 0.2) is 0 Å². The summed E-state index contributed by atoms with van der Waals surface area (Å²) in [5.41, 5.74) is 1.12. The van der Waals surface area contributed by atoms with Crippen LogP contribution >= 0.6 is 0 Å². The van der Waals surface area contributed by atoms with Gasteiger partial charge in [-0.15, -0.1) is 0 Å². The molecule has 1 aromatic rings. The normalized spacial score (nSPS) is 14.6. The highest BCUT2D eigenvalue weighted by Gasteiger charge is 2.29. The first kappa shape index (κ1) is 14.3. The quantitative estimate of drug-likeness (QED) is 0.693. The van der Waals surface area contributed by atoms with E-state index >= 15 is 0 Å². The van der Waals surface area contributed by atoms with Crippen LogP contribution in [-0.4, -0.2) is 37.8 Å². The standard InChI is InChI=1S/C15H25N3O/c1-3-9-16-12-13-5-4-6-15(17-13)18(10-11-19-2)14-7-8-14/h4-6,14,16H,3,7-12H2,1-2H3. The number of hydrogen-bond donors (Lipinski definition) is 1. The molecule has 0 unspecified atom stereocenters. The molecule has 4 heteroatoms. The molecule has 1 N–H and O–H groups in total. The van der Waals surface area contributed by atoms with Gasteiger partial charge < -0.3 is 15.0 Å². The van der Waals surface area contributed by atoms with Crippen LogP contribution in [0.5, 0.6) is 0 Å². The Kier molecular flexibility index (Phi) is 5.61. The lowest BCUT2D eigenvalue weighted by atomic mass is 10.3. The number of nitrogens with one attached hydrogen (secondary N) is 1. The second kappa shape index (κ2) is 7.46. The van der Waals surface area contributed by atoms with Gasteiger partial charge in [0.2, 0.25) is 0 Å². The molecule has 1 saturated carbocycles. The average Bonchev–Trinajstić information content (AvgIpc) is 3.25. The predicted molar refractivity (Wildman–Crippen MR) is 78.5 cm³/mol. The maximum atomic E-state index is 5.20. The maximum absolute atomic E-state index is 5.20. The molecule has 19 heavy (non-hydrogen) atoms. The van der Waals surface area contributed by atoms with E-state index in [1.807, 2.05) is 0 Å². The van der Waals surface area contributed by atoms with Crippen LogP contribution in [0.1, 0.15) is 31.9 Å². The summed E-state index contributed by atoms with van der Waals surface area (Å²) in [6, 6.07) is 6.97. The summed E-state index contributed by atoms with van der Waals surface area (Å²) in [6.07, 6.45) is 3.72. The molecule has 1 aliphatic rings. The molecule has 106 valence electrons. The molecule has 0 aromatic carbocycles. The van der Waals surface area contributed by atoms with Crippen molar-refractivity contribution in [1.82, 2.24) is 10.3 Å². The number of ether oxygens (including phenoxy) is 1. The first-order chi connectivity index (χ1) is 9.35. The number of methoxy groups -OCH3 is 1. The third-order valence-corrected chi connectivity index (χ3v) is 3.34. The zero-order chi connectivity index (χ0) is 13.5. The Hall–Kier alpha value is -1.13. The number of aromatic nitrogens is 1. The predicted octanol–water partition coefficient (Wildman–Crippen LogP) is 2.20. The summed E-state index contributed by atoms with van der Waals surface area (Å²) in [5, 5.41) is 3.40. The van der Waals surface area contributed by atoms with E-state index in [9.17, 15) is 0 Å². The largest absolute Gasteiger partial charge is 0.383 e. The highest BCUT2D eigenvalue weighted by molar-refractivity contribution is 5.42. The highest BCUT2D eigenvalue weighted by atomic mass is 16.5. The molecule has 0 atom stereocenters. The van der Waals surface area contributed by atoms with E-state index in [1.54, 1.807) is 7.11 Å². The third-order valence-electron chi connectivity index (χ3n) is 3.34. The van der Waals surface area contributed by atoms with Crippen molar-refractivity contribution >= 4 is 5.82 Å². The molecular formula is C15H25N3O. The molecule has 1 aliphatic carbocycles. The molecular weight excluding hydrogens is 238 g/mol. The fourth-order valence-electron chi connectivity index (χ4n) is 2.18. The van der Waals surface area contributed by atoms with Crippen molar-refractivity contribution in [3.05, 3.63) is 23.9 Å². The van der Waals surface area contributed by atoms with E-state index in [0.29, 0.717) is 6.04 Å². The van der Waals surface area contributed by atoms with Crippen LogP contribution in [0.2, 0.25) is 0 Å². The molecule has 4 nitrogen and oxygen atoms in total. The van der Waals surface area contributed by atoms with Gasteiger partial charge in [0.05, 0.1) is 12.3 Å². The highest BCUT2D eigenvalue weighted by Crippen LogP contribution is 2.30. The molecule has 2 rings (SSSR count). The Morgan fingerprint density at radius 2 is 2.26 bits per heavy atom. The van der Waals surface area contributed by atoms with Gasteiger partial charge in [0.1, 0.15) is 5.82 Å². The summed E-state index contributed by atoms with van der Waals surface area (Å²) < 4.78 is 5.20. The Morgan fingerprint density at radius 3 is 2.95 bits per heavy atom. The number of anilines is 1. The van der Waals surface area contributed by atoms with Crippen LogP contribution in [0.3, 0.4) is 0 Å². The number of hydrogen-bond acceptors (Lipinski definition) is 4. The smallest absolute Gasteiger partial charge is 0.129 e. The van der Waals surface area contributed by atoms with E-state index in [4.69, 9.17) is 9.72 Å². The molecule has 0 bridgehead atoms. The van der Waals surface area contributed by atoms with Gasteiger partial charge in [0.25, 0.3) is 0 Å². The molecule has 1 heterocycles. The van der Waals surface area contributed by atoms with Crippen molar-refractivity contribution in [2.24, 2.45) is 0 Å². The van der Waals surface area contributed by atoms with Gasteiger partial charge in [-0.05, 0) is 37.9 Å². The Balaban J connectivity index is 1.98. The molecule has 0 radical (unpaired) electrons. The Bertz CT molecular complexity index is 379. The lowest BCUT2D eigenvalue weighted by Crippen LogP contribution is -2.30. The fraction of sp³-hybridized carbons (Fsp3) is 0.667. The van der Waals surface area contributed by atoms with Gasteiger partial charge in [-0.3, -0.25) is 0 Å². The van der Waals surface area contributed by atoms with Gasteiger partial charge in [0, 0.05) is 26.2 Å². The zero-order valence-corrected chi connectivity index (χ0v) is 12.1. The van der Waals surface area contributed by atoms with Crippen molar-refractivity contribution in [3.63, 3.8) is 0 Å². The van der Waals surface area contributed by atoms with Crippen LogP contribution in [0, 0.1) is 0 Å². The first-order valence-corrected chi connectivity index (χ1v) is 7.27. The lowest BCUT2D eigenvalue weighted by Gasteiger charge is -2.23. The second-order valence-electron chi connectivity index (χ2n) is 5.08. The molecule has 0 spiro atoms. The summed E-state index contributed by atoms with van der Waals surface area (Å²) >= 11 is 0. The van der Waals surface area contributed by atoms with Crippen molar-refractivity contribution in [1.29, 1.82) is 0 Å². The maximum Gasteiger partial charge on any atom is 0.129 e. The summed E-state index contributed by atoms with van der Waals surface area (Å²) in [7, 11) is 1.75. The topological polar surface area (TPSA) is 37.4 Å². The summed E-state index contributed by atoms with van der Waals surface area (Å²) in [4.78, 5) is 7.15. The molecule has 1 fully saturated rings. The monoisotopic (exact) mass is 263 g/mol. The van der Waals surface area contributed by atoms with Crippen molar-refractivity contribution in [3.8, 4) is 0 Å². The van der Waals surface area contributed by atoms with Crippen molar-refractivity contribution in [2.45, 2.75) is 38.8 Å². The minimum atomic E-state index is 0.668. The third kappa shape index (κ3) is 4.48. The summed E-state index contributed by atoms with van der Waals surface area (Å²) in [5.74, 6) is 1.09. The van der Waals surface area contributed by atoms with E-state index in [0.717, 1.165) is 44.2 Å². The van der Waals surface area contributed by atoms with E-state index in [1.165, 1.54) is 12.8 Å². The second-order valence-corrected chi connectivity index (χ2v) is 5.08. The van der Waals surface area contributed by atoms with Crippen LogP contribution in [0.25, 0.3) is 0 Å². The van der Waals surface area contributed by atoms with Gasteiger partial charge >= 0.3 is 0 Å². The van der Waals surface area contributed by atoms with Crippen molar-refractivity contribution < 1.29 is 4.74 Å². The van der Waals surface area contributed by atoms with Gasteiger partial charge in [-0.1, -0.05) is 13.0 Å². The minimum absolute atomic E-state index is 0.668. The number of nitrogens with zero attached hydrogens (tertiary/aromatic N) is 2. The molecule has 0 aliphatic heterocycles. The number of pyridine rings is 1. The lowest BCUT2D eigenvalue weighted by molar-refractivity contribution is 0.204. The SMILES string of the molecule is CCCNCc1cccc(N(CCOC)C2CC2)n1. The van der Waals surface area contributed by atoms with E-state index in [-0.39, 0.29) is 0 Å². The molecule has 1 aromatic heterocycles. The average molecular weight is 263 g/mol. The molecule has 0 saturated heterocycles. The Labute approximate surface area is 116 Å². The first-order valence-electron chi connectivity index (χ1n) is 7.27. The summed E-state index contributed by atoms with van der Waals surface area (Å²) in [6.45, 7) is 5.76. The van der Waals surface area contributed by atoms with Crippen LogP contribution in [0.15, 0.2) is 18.2 Å². The van der Waals surface area contributed by atoms with Gasteiger partial charge in [-0.2, -0.15) is 0 Å². The minimum Gasteiger partial charge on any atom is -0.383 e. The van der Waals surface area contributed by atoms with Crippen LogP contribution in [-0.2, 0) is 11.3 Å². The number of rotatable bonds is 9. The van der Waals surface area contributed by atoms with E-state index in [2.05, 4.69) is 35.3 Å². The zero-order valence-electron chi connectivity index (χ0n) is 12.1. The van der Waals surface area contributed by atoms with Crippen LogP contribution in [0.4, 0.5) is 5.82 Å².